The van der Waals surface area contributed by atoms with E-state index in [-0.39, 0.29) is 41.5 Å². The van der Waals surface area contributed by atoms with E-state index in [2.05, 4.69) is 10.0 Å². The van der Waals surface area contributed by atoms with Crippen LogP contribution in [0, 0.1) is 29.6 Å². The first-order chi connectivity index (χ1) is 18.5. The molecule has 1 heterocycles. The van der Waals surface area contributed by atoms with E-state index in [1.165, 1.54) is 0 Å². The molecular weight excluding hydrogens is 502 g/mol. The first kappa shape index (κ1) is 32.2. The van der Waals surface area contributed by atoms with Crippen molar-refractivity contribution in [3.63, 3.8) is 0 Å². The molecule has 0 radical (unpaired) electrons. The Balaban J connectivity index is 2.45. The van der Waals surface area contributed by atoms with Gasteiger partial charge in [0.1, 0.15) is 12.2 Å². The molecule has 1 unspecified atom stereocenters. The van der Waals surface area contributed by atoms with Crippen LogP contribution in [0.1, 0.15) is 72.5 Å². The van der Waals surface area contributed by atoms with Crippen molar-refractivity contribution in [2.45, 2.75) is 79.1 Å². The highest BCUT2D eigenvalue weighted by molar-refractivity contribution is 5.75. The van der Waals surface area contributed by atoms with Crippen molar-refractivity contribution in [1.82, 2.24) is 0 Å². The van der Waals surface area contributed by atoms with Gasteiger partial charge in [-0.2, -0.15) is 0 Å². The summed E-state index contributed by atoms with van der Waals surface area (Å²) in [6.07, 6.45) is 0.385. The summed E-state index contributed by atoms with van der Waals surface area (Å²) in [5.74, 6) is -0.148. The Bertz CT molecular complexity index is 991. The summed E-state index contributed by atoms with van der Waals surface area (Å²) in [5.41, 5.74) is 10.1. The molecule has 1 aliphatic heterocycles. The Hall–Kier alpha value is -2.97. The van der Waals surface area contributed by atoms with Gasteiger partial charge in [0.05, 0.1) is 31.6 Å². The SMILES string of the molecule is COCCCOc1cc(C(OC(=O)C(C)C)[C@@H](C[C@H](N=[N+]=[N-])[C@@H]2C[C@@H](C(C)C)C(=O)O2)C(C)C)ccc1OC. The Labute approximate surface area is 232 Å². The quantitative estimate of drug-likeness (QED) is 0.0783. The maximum absolute atomic E-state index is 12.9. The third kappa shape index (κ3) is 9.04. The topological polar surface area (TPSA) is 129 Å². The van der Waals surface area contributed by atoms with Gasteiger partial charge in [0.2, 0.25) is 0 Å². The zero-order valence-corrected chi connectivity index (χ0v) is 24.6. The fraction of sp³-hybridized carbons (Fsp3) is 0.724. The lowest BCUT2D eigenvalue weighted by Crippen LogP contribution is -2.33. The van der Waals surface area contributed by atoms with Gasteiger partial charge < -0.3 is 23.7 Å². The second-order valence-corrected chi connectivity index (χ2v) is 11.1. The van der Waals surface area contributed by atoms with Gasteiger partial charge in [0.25, 0.3) is 0 Å². The number of carbonyl (C=O) groups is 2. The number of azide groups is 1. The van der Waals surface area contributed by atoms with E-state index in [4.69, 9.17) is 23.7 Å². The van der Waals surface area contributed by atoms with Crippen LogP contribution >= 0.6 is 0 Å². The number of hydrogen-bond donors (Lipinski definition) is 0. The van der Waals surface area contributed by atoms with Crippen LogP contribution in [0.2, 0.25) is 0 Å². The van der Waals surface area contributed by atoms with Gasteiger partial charge in [-0.15, -0.1) is 0 Å². The summed E-state index contributed by atoms with van der Waals surface area (Å²) in [4.78, 5) is 28.5. The average Bonchev–Trinajstić information content (AvgIpc) is 3.29. The molecule has 1 aromatic carbocycles. The van der Waals surface area contributed by atoms with Gasteiger partial charge in [0.15, 0.2) is 11.5 Å². The molecule has 2 rings (SSSR count). The summed E-state index contributed by atoms with van der Waals surface area (Å²) in [6, 6.07) is 4.90. The molecule has 39 heavy (non-hydrogen) atoms. The van der Waals surface area contributed by atoms with Crippen LogP contribution in [0.5, 0.6) is 11.5 Å². The molecule has 0 N–H and O–H groups in total. The van der Waals surface area contributed by atoms with Crippen LogP contribution in [0.3, 0.4) is 0 Å². The van der Waals surface area contributed by atoms with E-state index in [9.17, 15) is 15.1 Å². The van der Waals surface area contributed by atoms with Gasteiger partial charge in [0, 0.05) is 31.0 Å². The zero-order chi connectivity index (χ0) is 29.1. The lowest BCUT2D eigenvalue weighted by atomic mass is 9.79. The van der Waals surface area contributed by atoms with Gasteiger partial charge in [-0.3, -0.25) is 9.59 Å². The number of rotatable bonds is 16. The maximum atomic E-state index is 12.9. The summed E-state index contributed by atoms with van der Waals surface area (Å²) in [7, 11) is 3.21. The number of carbonyl (C=O) groups excluding carboxylic acids is 2. The molecule has 0 saturated carbocycles. The van der Waals surface area contributed by atoms with Crippen molar-refractivity contribution in [3.05, 3.63) is 34.2 Å². The highest BCUT2D eigenvalue weighted by Gasteiger charge is 2.42. The minimum Gasteiger partial charge on any atom is -0.493 e. The number of benzene rings is 1. The zero-order valence-electron chi connectivity index (χ0n) is 24.6. The van der Waals surface area contributed by atoms with Gasteiger partial charge in [-0.1, -0.05) is 52.7 Å². The summed E-state index contributed by atoms with van der Waals surface area (Å²) < 4.78 is 28.4. The molecule has 1 aromatic rings. The molecule has 10 nitrogen and oxygen atoms in total. The molecule has 10 heteroatoms. The van der Waals surface area contributed by atoms with Crippen molar-refractivity contribution in [1.29, 1.82) is 0 Å². The fourth-order valence-corrected chi connectivity index (χ4v) is 4.81. The smallest absolute Gasteiger partial charge is 0.309 e. The second kappa shape index (κ2) is 15.6. The third-order valence-electron chi connectivity index (χ3n) is 7.23. The molecule has 218 valence electrons. The van der Waals surface area contributed by atoms with Crippen LogP contribution in [0.15, 0.2) is 23.3 Å². The van der Waals surface area contributed by atoms with E-state index in [1.54, 1.807) is 34.1 Å². The standard InChI is InChI=1S/C29H45N3O7/c1-17(2)21(15-23(31-32-30)25-16-22(18(3)4)29(34)38-25)27(39-28(33)19(5)6)20-10-11-24(36-8)26(14-20)37-13-9-12-35-7/h10-11,14,17-19,21-23,25,27H,9,12-13,15-16H2,1-8H3/t21-,22-,23-,25-,27?/m0/s1. The van der Waals surface area contributed by atoms with Crippen LogP contribution in [0.4, 0.5) is 0 Å². The van der Waals surface area contributed by atoms with Crippen molar-refractivity contribution in [3.8, 4) is 11.5 Å². The molecule has 1 saturated heterocycles. The predicted octanol–water partition coefficient (Wildman–Crippen LogP) is 6.28. The van der Waals surface area contributed by atoms with Crippen LogP contribution in [0.25, 0.3) is 10.4 Å². The molecular formula is C29H45N3O7. The van der Waals surface area contributed by atoms with E-state index in [1.807, 2.05) is 39.8 Å². The number of methoxy groups -OCH3 is 2. The molecule has 0 amide bonds. The number of hydrogen-bond acceptors (Lipinski definition) is 8. The third-order valence-corrected chi connectivity index (χ3v) is 7.23. The largest absolute Gasteiger partial charge is 0.493 e. The van der Waals surface area contributed by atoms with E-state index < -0.39 is 18.2 Å². The van der Waals surface area contributed by atoms with Crippen LogP contribution in [-0.2, 0) is 23.8 Å². The van der Waals surface area contributed by atoms with Crippen LogP contribution in [-0.4, -0.2) is 51.5 Å². The van der Waals surface area contributed by atoms with Crippen molar-refractivity contribution in [2.75, 3.05) is 27.4 Å². The number of ether oxygens (including phenoxy) is 5. The number of nitrogens with zero attached hydrogens (tertiary/aromatic N) is 3. The Morgan fingerprint density at radius 3 is 2.38 bits per heavy atom. The number of cyclic esters (lactones) is 1. The van der Waals surface area contributed by atoms with E-state index in [0.29, 0.717) is 44.0 Å². The summed E-state index contributed by atoms with van der Waals surface area (Å²) in [6.45, 7) is 12.6. The first-order valence-electron chi connectivity index (χ1n) is 13.8. The summed E-state index contributed by atoms with van der Waals surface area (Å²) in [5, 5.41) is 4.06. The molecule has 1 aliphatic rings. The van der Waals surface area contributed by atoms with Gasteiger partial charge in [-0.05, 0) is 47.9 Å². The first-order valence-corrected chi connectivity index (χ1v) is 13.8. The van der Waals surface area contributed by atoms with Gasteiger partial charge >= 0.3 is 11.9 Å². The molecule has 0 aliphatic carbocycles. The summed E-state index contributed by atoms with van der Waals surface area (Å²) >= 11 is 0. The maximum Gasteiger partial charge on any atom is 0.309 e. The molecule has 0 spiro atoms. The Morgan fingerprint density at radius 2 is 1.85 bits per heavy atom. The fourth-order valence-electron chi connectivity index (χ4n) is 4.81. The predicted molar refractivity (Wildman–Crippen MR) is 147 cm³/mol. The molecule has 5 atom stereocenters. The molecule has 0 aromatic heterocycles. The van der Waals surface area contributed by atoms with Crippen molar-refractivity contribution in [2.24, 2.45) is 34.7 Å². The Morgan fingerprint density at radius 1 is 1.13 bits per heavy atom. The molecule has 1 fully saturated rings. The van der Waals surface area contributed by atoms with Gasteiger partial charge in [-0.25, -0.2) is 0 Å². The minimum atomic E-state index is -0.651. The lowest BCUT2D eigenvalue weighted by Gasteiger charge is -2.34. The van der Waals surface area contributed by atoms with Crippen molar-refractivity contribution < 1.29 is 33.3 Å². The monoisotopic (exact) mass is 547 g/mol. The van der Waals surface area contributed by atoms with Crippen molar-refractivity contribution >= 4 is 11.9 Å². The second-order valence-electron chi connectivity index (χ2n) is 11.1. The van der Waals surface area contributed by atoms with E-state index in [0.717, 1.165) is 5.56 Å². The van der Waals surface area contributed by atoms with E-state index >= 15 is 0 Å². The highest BCUT2D eigenvalue weighted by atomic mass is 16.6. The number of esters is 2. The average molecular weight is 548 g/mol. The normalized spacial score (nSPS) is 19.4. The van der Waals surface area contributed by atoms with Crippen LogP contribution < -0.4 is 9.47 Å². The minimum absolute atomic E-state index is 0.0394. The lowest BCUT2D eigenvalue weighted by molar-refractivity contribution is -0.157. The molecule has 0 bridgehead atoms. The highest BCUT2D eigenvalue weighted by Crippen LogP contribution is 2.41. The Kier molecular flexibility index (Phi) is 12.9.